The Labute approximate surface area is 434 Å². The minimum absolute atomic E-state index is 0.0236. The maximum absolute atomic E-state index is 9.39. The number of fused-ring (bicyclic) bond motifs is 10. The highest BCUT2D eigenvalue weighted by atomic mass is 15.2. The van der Waals surface area contributed by atoms with Gasteiger partial charge >= 0.3 is 0 Å². The molecule has 330 valence electrons. The van der Waals surface area contributed by atoms with Crippen LogP contribution in [0.3, 0.4) is 0 Å². The second kappa shape index (κ2) is 15.6. The summed E-state index contributed by atoms with van der Waals surface area (Å²) in [6.07, 6.45) is 0. The summed E-state index contributed by atoms with van der Waals surface area (Å²) in [5, 5.41) is -0.195. The maximum atomic E-state index is 9.39. The van der Waals surface area contributed by atoms with Gasteiger partial charge in [0.1, 0.15) is 0 Å². The standard InChI is InChI=1S/C66H43BN4/c1-3-16-44(17-4-1)46-30-34-48(35-31-46)68-62-28-15-29-63-66(62)67(56-40-38-50(42-64(56)68)70-58-24-11-7-20-52(58)53-21-8-12-25-59(53)70)57-41-39-51(71-60-26-13-9-22-54(60)55-23-10-14-27-61(55)71)43-65(57)69(63)49-36-32-47(33-37-49)45-18-5-2-6-19-45/h1-43H/i7D,8D,9D,10D,11D,12D,13D,14D,20D,21D,22D,23D,24D,25D,26D,27D. The van der Waals surface area contributed by atoms with Crippen LogP contribution in [0.5, 0.6) is 0 Å². The second-order valence-electron chi connectivity index (χ2n) is 17.7. The minimum atomic E-state index is -0.579. The third-order valence-electron chi connectivity index (χ3n) is 14.0. The van der Waals surface area contributed by atoms with Crippen molar-refractivity contribution < 1.29 is 21.9 Å². The molecule has 15 rings (SSSR count). The fourth-order valence-corrected chi connectivity index (χ4v) is 11.0. The van der Waals surface area contributed by atoms with E-state index in [2.05, 4.69) is 9.80 Å². The average Bonchev–Trinajstić information content (AvgIpc) is 1.71. The van der Waals surface area contributed by atoms with Crippen molar-refractivity contribution in [1.29, 1.82) is 0 Å². The molecule has 0 aliphatic carbocycles. The molecule has 0 spiro atoms. The van der Waals surface area contributed by atoms with Crippen molar-refractivity contribution in [1.82, 2.24) is 9.13 Å². The molecule has 13 aromatic rings. The summed E-state index contributed by atoms with van der Waals surface area (Å²) in [4.78, 5) is 4.27. The Balaban J connectivity index is 1.04. The molecular formula is C66H43BN4. The summed E-state index contributed by atoms with van der Waals surface area (Å²) in [7, 11) is 0. The third kappa shape index (κ3) is 6.00. The highest BCUT2D eigenvalue weighted by Crippen LogP contribution is 2.46. The van der Waals surface area contributed by atoms with Gasteiger partial charge in [-0.2, -0.15) is 0 Å². The van der Waals surface area contributed by atoms with Gasteiger partial charge < -0.3 is 18.9 Å². The number of benzene rings is 11. The van der Waals surface area contributed by atoms with Crippen LogP contribution < -0.4 is 26.2 Å². The van der Waals surface area contributed by atoms with E-state index >= 15 is 0 Å². The van der Waals surface area contributed by atoms with Gasteiger partial charge in [-0.1, -0.05) is 176 Å². The second-order valence-corrected chi connectivity index (χ2v) is 17.7. The summed E-state index contributed by atoms with van der Waals surface area (Å²) in [6.45, 7) is -0.579. The van der Waals surface area contributed by atoms with Gasteiger partial charge in [-0.15, -0.1) is 0 Å². The lowest BCUT2D eigenvalue weighted by molar-refractivity contribution is 1.17. The molecule has 11 aromatic carbocycles. The quantitative estimate of drug-likeness (QED) is 0.155. The lowest BCUT2D eigenvalue weighted by Crippen LogP contribution is -2.61. The largest absolute Gasteiger partial charge is 0.311 e. The van der Waals surface area contributed by atoms with Crippen molar-refractivity contribution in [3.63, 3.8) is 0 Å². The molecule has 4 nitrogen and oxygen atoms in total. The molecule has 5 heteroatoms. The molecule has 2 aromatic heterocycles. The van der Waals surface area contributed by atoms with E-state index in [1.807, 2.05) is 152 Å². The topological polar surface area (TPSA) is 16.3 Å². The van der Waals surface area contributed by atoms with Crippen molar-refractivity contribution in [2.24, 2.45) is 0 Å². The molecular weight excluding hydrogens is 860 g/mol. The summed E-state index contributed by atoms with van der Waals surface area (Å²) < 4.78 is 148. The number of hydrogen-bond donors (Lipinski definition) is 0. The first kappa shape index (κ1) is 27.0. The van der Waals surface area contributed by atoms with Gasteiger partial charge in [0, 0.05) is 67.0 Å². The van der Waals surface area contributed by atoms with Gasteiger partial charge in [-0.3, -0.25) is 0 Å². The van der Waals surface area contributed by atoms with Gasteiger partial charge in [0.2, 0.25) is 0 Å². The molecule has 0 bridgehead atoms. The monoisotopic (exact) mass is 918 g/mol. The fourth-order valence-electron chi connectivity index (χ4n) is 11.0. The first-order valence-corrected chi connectivity index (χ1v) is 23.2. The third-order valence-corrected chi connectivity index (χ3v) is 14.0. The van der Waals surface area contributed by atoms with Gasteiger partial charge in [0.05, 0.1) is 44.0 Å². The van der Waals surface area contributed by atoms with Crippen LogP contribution in [0.15, 0.2) is 260 Å². The molecule has 2 aliphatic heterocycles. The van der Waals surface area contributed by atoms with Crippen LogP contribution >= 0.6 is 0 Å². The Morgan fingerprint density at radius 1 is 0.296 bits per heavy atom. The Morgan fingerprint density at radius 3 is 1.01 bits per heavy atom. The summed E-state index contributed by atoms with van der Waals surface area (Å²) >= 11 is 0. The number of nitrogens with zero attached hydrogens (tertiary/aromatic N) is 4. The van der Waals surface area contributed by atoms with Crippen LogP contribution in [0.4, 0.5) is 34.1 Å². The van der Waals surface area contributed by atoms with Crippen LogP contribution in [-0.2, 0) is 0 Å². The predicted octanol–water partition coefficient (Wildman–Crippen LogP) is 15.3. The summed E-state index contributed by atoms with van der Waals surface area (Å²) in [5.41, 5.74) is 11.4. The predicted molar refractivity (Wildman–Crippen MR) is 300 cm³/mol. The van der Waals surface area contributed by atoms with E-state index < -0.39 is 103 Å². The van der Waals surface area contributed by atoms with Crippen LogP contribution in [-0.4, -0.2) is 15.8 Å². The summed E-state index contributed by atoms with van der Waals surface area (Å²) in [6, 6.07) is 45.7. The number of aromatic nitrogens is 2. The summed E-state index contributed by atoms with van der Waals surface area (Å²) in [5.74, 6) is 0. The normalized spacial score (nSPS) is 15.9. The first-order chi connectivity index (χ1) is 41.9. The van der Waals surface area contributed by atoms with Gasteiger partial charge in [0.15, 0.2) is 0 Å². The van der Waals surface area contributed by atoms with Crippen molar-refractivity contribution in [2.75, 3.05) is 9.80 Å². The Kier molecular flexibility index (Phi) is 5.94. The van der Waals surface area contributed by atoms with E-state index in [1.54, 1.807) is 12.1 Å². The molecule has 0 atom stereocenters. The van der Waals surface area contributed by atoms with Crippen molar-refractivity contribution in [3.8, 4) is 33.6 Å². The van der Waals surface area contributed by atoms with Crippen molar-refractivity contribution >= 4 is 101 Å². The molecule has 0 N–H and O–H groups in total. The average molecular weight is 919 g/mol. The SMILES string of the molecule is [2H]c1c([2H])c([2H])c2c(c1[2H])c1c([2H])c([2H])c([2H])c([2H])c1n2-c1ccc2c(c1)N(c1ccc(-c3ccccc3)cc1)c1cccc3c1B2c1ccc(-n2c4c([2H])c([2H])c([2H])c([2H])c4c4c([2H])c([2H])c([2H])c([2H])c42)cc1N3c1ccc(-c2ccccc2)cc1. The fraction of sp³-hybridized carbons (Fsp3) is 0. The van der Waals surface area contributed by atoms with E-state index in [1.165, 1.54) is 9.13 Å². The molecule has 2 aliphatic rings. The van der Waals surface area contributed by atoms with E-state index in [9.17, 15) is 11.0 Å². The van der Waals surface area contributed by atoms with Gasteiger partial charge in [0.25, 0.3) is 6.71 Å². The molecule has 0 unspecified atom stereocenters. The molecule has 0 saturated carbocycles. The van der Waals surface area contributed by atoms with Gasteiger partial charge in [-0.05, 0) is 123 Å². The zero-order chi connectivity index (χ0) is 60.5. The first-order valence-electron chi connectivity index (χ1n) is 31.2. The number of hydrogen-bond acceptors (Lipinski definition) is 2. The smallest absolute Gasteiger partial charge is 0.252 e. The molecule has 4 heterocycles. The van der Waals surface area contributed by atoms with Crippen molar-refractivity contribution in [2.45, 2.75) is 0 Å². The van der Waals surface area contributed by atoms with Crippen LogP contribution in [0.25, 0.3) is 77.2 Å². The highest BCUT2D eigenvalue weighted by molar-refractivity contribution is 7.00. The zero-order valence-corrected chi connectivity index (χ0v) is 37.5. The van der Waals surface area contributed by atoms with E-state index in [4.69, 9.17) is 11.0 Å². The van der Waals surface area contributed by atoms with Crippen LogP contribution in [0.2, 0.25) is 0 Å². The lowest BCUT2D eigenvalue weighted by atomic mass is 9.33. The van der Waals surface area contributed by atoms with E-state index in [-0.39, 0.29) is 43.6 Å². The Bertz CT molecular complexity index is 4720. The maximum Gasteiger partial charge on any atom is 0.252 e. The highest BCUT2D eigenvalue weighted by Gasteiger charge is 2.43. The molecule has 0 fully saturated rings. The number of para-hydroxylation sites is 4. The number of anilines is 6. The molecule has 0 radical (unpaired) electrons. The number of rotatable bonds is 6. The van der Waals surface area contributed by atoms with Crippen molar-refractivity contribution in [3.05, 3.63) is 260 Å². The van der Waals surface area contributed by atoms with E-state index in [0.29, 0.717) is 22.7 Å². The Morgan fingerprint density at radius 2 is 0.634 bits per heavy atom. The lowest BCUT2D eigenvalue weighted by Gasteiger charge is -2.44. The molecule has 0 saturated heterocycles. The minimum Gasteiger partial charge on any atom is -0.311 e. The Hall–Kier alpha value is -9.32. The molecule has 71 heavy (non-hydrogen) atoms. The van der Waals surface area contributed by atoms with E-state index in [0.717, 1.165) is 61.4 Å². The zero-order valence-electron chi connectivity index (χ0n) is 53.5. The van der Waals surface area contributed by atoms with Crippen LogP contribution in [0, 0.1) is 0 Å². The van der Waals surface area contributed by atoms with Crippen LogP contribution in [0.1, 0.15) is 21.9 Å². The van der Waals surface area contributed by atoms with Gasteiger partial charge in [-0.25, -0.2) is 0 Å². The molecule has 0 amide bonds.